The number of pyridine rings is 1. The number of aromatic nitrogens is 1. The first-order chi connectivity index (χ1) is 11.1. The predicted molar refractivity (Wildman–Crippen MR) is 90.1 cm³/mol. The lowest BCUT2D eigenvalue weighted by molar-refractivity contribution is 0.100. The van der Waals surface area contributed by atoms with E-state index in [1.165, 1.54) is 6.92 Å². The number of Topliss-reactive ketones (excluding diaryl/α,β-unsaturated/α-hetero) is 1. The first-order valence-electron chi connectivity index (χ1n) is 7.78. The molecule has 2 aromatic rings. The number of amides is 1. The number of hydrogen-bond acceptors (Lipinski definition) is 4. The summed E-state index contributed by atoms with van der Waals surface area (Å²) in [6, 6.07) is 12.4. The highest BCUT2D eigenvalue weighted by Crippen LogP contribution is 2.18. The number of hydrogen-bond donors (Lipinski definition) is 1. The quantitative estimate of drug-likeness (QED) is 0.881. The van der Waals surface area contributed by atoms with Crippen molar-refractivity contribution in [2.24, 2.45) is 0 Å². The summed E-state index contributed by atoms with van der Waals surface area (Å²) in [5.74, 6) is 0.537. The summed E-state index contributed by atoms with van der Waals surface area (Å²) in [5, 5.41) is 2.80. The van der Waals surface area contributed by atoms with E-state index in [-0.39, 0.29) is 11.7 Å². The summed E-state index contributed by atoms with van der Waals surface area (Å²) in [6.45, 7) is 3.47. The van der Waals surface area contributed by atoms with Crippen molar-refractivity contribution in [2.75, 3.05) is 23.3 Å². The monoisotopic (exact) mass is 309 g/mol. The summed E-state index contributed by atoms with van der Waals surface area (Å²) < 4.78 is 0. The van der Waals surface area contributed by atoms with Crippen molar-refractivity contribution in [2.45, 2.75) is 19.8 Å². The lowest BCUT2D eigenvalue weighted by atomic mass is 10.1. The van der Waals surface area contributed by atoms with Crippen molar-refractivity contribution in [3.05, 3.63) is 53.7 Å². The Morgan fingerprint density at radius 3 is 2.57 bits per heavy atom. The number of ketones is 1. The molecule has 0 bridgehead atoms. The Morgan fingerprint density at radius 2 is 1.83 bits per heavy atom. The number of nitrogens with one attached hydrogen (secondary N) is 1. The van der Waals surface area contributed by atoms with Crippen molar-refractivity contribution < 1.29 is 9.59 Å². The Bertz CT molecular complexity index is 737. The number of benzene rings is 1. The van der Waals surface area contributed by atoms with Crippen LogP contribution < -0.4 is 10.2 Å². The van der Waals surface area contributed by atoms with Crippen LogP contribution in [-0.4, -0.2) is 29.8 Å². The normalized spacial score (nSPS) is 13.9. The van der Waals surface area contributed by atoms with Gasteiger partial charge in [-0.3, -0.25) is 9.59 Å². The molecular weight excluding hydrogens is 290 g/mol. The zero-order valence-electron chi connectivity index (χ0n) is 13.1. The van der Waals surface area contributed by atoms with Crippen LogP contribution in [-0.2, 0) is 0 Å². The Hall–Kier alpha value is -2.69. The Balaban J connectivity index is 1.76. The second kappa shape index (κ2) is 6.60. The van der Waals surface area contributed by atoms with E-state index >= 15 is 0 Å². The minimum atomic E-state index is -0.272. The highest BCUT2D eigenvalue weighted by molar-refractivity contribution is 6.04. The van der Waals surface area contributed by atoms with Gasteiger partial charge in [-0.25, -0.2) is 4.98 Å². The van der Waals surface area contributed by atoms with Crippen LogP contribution in [0, 0.1) is 0 Å². The van der Waals surface area contributed by atoms with Gasteiger partial charge < -0.3 is 10.2 Å². The first-order valence-corrected chi connectivity index (χ1v) is 7.78. The van der Waals surface area contributed by atoms with E-state index in [4.69, 9.17) is 0 Å². The van der Waals surface area contributed by atoms with Crippen molar-refractivity contribution >= 4 is 23.2 Å². The van der Waals surface area contributed by atoms with Gasteiger partial charge in [0.15, 0.2) is 5.78 Å². The molecule has 0 unspecified atom stereocenters. The molecule has 5 nitrogen and oxygen atoms in total. The van der Waals surface area contributed by atoms with Crippen LogP contribution >= 0.6 is 0 Å². The second-order valence-corrected chi connectivity index (χ2v) is 5.67. The summed E-state index contributed by atoms with van der Waals surface area (Å²) in [5.41, 5.74) is 1.54. The maximum atomic E-state index is 12.4. The topological polar surface area (TPSA) is 62.3 Å². The largest absolute Gasteiger partial charge is 0.357 e. The van der Waals surface area contributed by atoms with E-state index in [0.29, 0.717) is 16.9 Å². The van der Waals surface area contributed by atoms with Crippen LogP contribution in [0.15, 0.2) is 42.5 Å². The van der Waals surface area contributed by atoms with Crippen molar-refractivity contribution in [3.8, 4) is 0 Å². The number of anilines is 2. The SMILES string of the molecule is CC(=O)c1cccc(NC(=O)c2cccc(N3CCCC3)n2)c1. The number of nitrogens with zero attached hydrogens (tertiary/aromatic N) is 2. The molecule has 2 heterocycles. The predicted octanol–water partition coefficient (Wildman–Crippen LogP) is 3.14. The highest BCUT2D eigenvalue weighted by atomic mass is 16.2. The van der Waals surface area contributed by atoms with Gasteiger partial charge in [-0.05, 0) is 44.0 Å². The molecule has 1 aliphatic heterocycles. The average Bonchev–Trinajstić information content (AvgIpc) is 3.10. The number of rotatable bonds is 4. The molecule has 1 fully saturated rings. The van der Waals surface area contributed by atoms with Crippen LogP contribution in [0.3, 0.4) is 0 Å². The highest BCUT2D eigenvalue weighted by Gasteiger charge is 2.15. The molecule has 0 radical (unpaired) electrons. The van der Waals surface area contributed by atoms with E-state index in [2.05, 4.69) is 15.2 Å². The van der Waals surface area contributed by atoms with Gasteiger partial charge in [-0.2, -0.15) is 0 Å². The smallest absolute Gasteiger partial charge is 0.274 e. The number of carbonyl (C=O) groups excluding carboxylic acids is 2. The lowest BCUT2D eigenvalue weighted by Gasteiger charge is -2.16. The minimum Gasteiger partial charge on any atom is -0.357 e. The third-order valence-corrected chi connectivity index (χ3v) is 3.92. The molecule has 1 aromatic heterocycles. The van der Waals surface area contributed by atoms with E-state index in [0.717, 1.165) is 31.7 Å². The molecule has 3 rings (SSSR count). The fourth-order valence-corrected chi connectivity index (χ4v) is 2.68. The molecule has 0 atom stereocenters. The molecule has 0 spiro atoms. The molecule has 1 aliphatic rings. The van der Waals surface area contributed by atoms with Crippen LogP contribution in [0.4, 0.5) is 11.5 Å². The van der Waals surface area contributed by atoms with Gasteiger partial charge in [0.05, 0.1) is 0 Å². The maximum Gasteiger partial charge on any atom is 0.274 e. The Kier molecular flexibility index (Phi) is 4.37. The molecule has 0 saturated carbocycles. The molecule has 118 valence electrons. The van der Waals surface area contributed by atoms with Crippen LogP contribution in [0.25, 0.3) is 0 Å². The van der Waals surface area contributed by atoms with Gasteiger partial charge in [0.2, 0.25) is 0 Å². The van der Waals surface area contributed by atoms with E-state index in [9.17, 15) is 9.59 Å². The molecule has 1 amide bonds. The Morgan fingerprint density at radius 1 is 1.09 bits per heavy atom. The first kappa shape index (κ1) is 15.2. The maximum absolute atomic E-state index is 12.4. The van der Waals surface area contributed by atoms with Gasteiger partial charge in [0.1, 0.15) is 11.5 Å². The summed E-state index contributed by atoms with van der Waals surface area (Å²) in [7, 11) is 0. The lowest BCUT2D eigenvalue weighted by Crippen LogP contribution is -2.21. The zero-order valence-corrected chi connectivity index (χ0v) is 13.1. The minimum absolute atomic E-state index is 0.0322. The van der Waals surface area contributed by atoms with Gasteiger partial charge >= 0.3 is 0 Å². The molecule has 5 heteroatoms. The molecule has 1 aromatic carbocycles. The van der Waals surface area contributed by atoms with Gasteiger partial charge in [-0.15, -0.1) is 0 Å². The fraction of sp³-hybridized carbons (Fsp3) is 0.278. The second-order valence-electron chi connectivity index (χ2n) is 5.67. The molecule has 1 N–H and O–H groups in total. The average molecular weight is 309 g/mol. The third-order valence-electron chi connectivity index (χ3n) is 3.92. The van der Waals surface area contributed by atoms with Crippen LogP contribution in [0.2, 0.25) is 0 Å². The Labute approximate surface area is 135 Å². The van der Waals surface area contributed by atoms with Gasteiger partial charge in [-0.1, -0.05) is 18.2 Å². The molecule has 1 saturated heterocycles. The van der Waals surface area contributed by atoms with E-state index in [1.807, 2.05) is 12.1 Å². The van der Waals surface area contributed by atoms with Gasteiger partial charge in [0, 0.05) is 24.3 Å². The van der Waals surface area contributed by atoms with Crippen molar-refractivity contribution in [1.29, 1.82) is 0 Å². The standard InChI is InChI=1S/C18H19N3O2/c1-13(22)14-6-4-7-15(12-14)19-18(23)16-8-5-9-17(20-16)21-10-2-3-11-21/h4-9,12H,2-3,10-11H2,1H3,(H,19,23). The van der Waals surface area contributed by atoms with Crippen LogP contribution in [0.1, 0.15) is 40.6 Å². The fourth-order valence-electron chi connectivity index (χ4n) is 2.68. The summed E-state index contributed by atoms with van der Waals surface area (Å²) >= 11 is 0. The zero-order chi connectivity index (χ0) is 16.2. The van der Waals surface area contributed by atoms with Crippen LogP contribution in [0.5, 0.6) is 0 Å². The molecule has 23 heavy (non-hydrogen) atoms. The number of carbonyl (C=O) groups is 2. The summed E-state index contributed by atoms with van der Waals surface area (Å²) in [6.07, 6.45) is 2.33. The van der Waals surface area contributed by atoms with E-state index < -0.39 is 0 Å². The van der Waals surface area contributed by atoms with E-state index in [1.54, 1.807) is 30.3 Å². The van der Waals surface area contributed by atoms with Crippen molar-refractivity contribution in [3.63, 3.8) is 0 Å². The molecular formula is C18H19N3O2. The molecule has 0 aliphatic carbocycles. The third kappa shape index (κ3) is 3.56. The van der Waals surface area contributed by atoms with Crippen molar-refractivity contribution in [1.82, 2.24) is 4.98 Å². The van der Waals surface area contributed by atoms with Gasteiger partial charge in [0.25, 0.3) is 5.91 Å². The summed E-state index contributed by atoms with van der Waals surface area (Å²) in [4.78, 5) is 30.4.